The number of nitrogens with one attached hydrogen (secondary N) is 1. The first-order valence-corrected chi connectivity index (χ1v) is 7.62. The minimum atomic E-state index is 0.640. The highest BCUT2D eigenvalue weighted by molar-refractivity contribution is 7.99. The van der Waals surface area contributed by atoms with Crippen molar-refractivity contribution in [1.82, 2.24) is 5.32 Å². The van der Waals surface area contributed by atoms with Crippen LogP contribution in [0.5, 0.6) is 0 Å². The molecule has 1 aromatic carbocycles. The third kappa shape index (κ3) is 6.75. The van der Waals surface area contributed by atoms with Crippen molar-refractivity contribution in [3.05, 3.63) is 30.3 Å². The second kappa shape index (κ2) is 8.60. The van der Waals surface area contributed by atoms with E-state index in [1.807, 2.05) is 11.8 Å². The molecule has 1 rings (SSSR count). The normalized spacial score (nSPS) is 14.5. The lowest BCUT2D eigenvalue weighted by molar-refractivity contribution is 0.420. The average molecular weight is 251 g/mol. The van der Waals surface area contributed by atoms with Gasteiger partial charge in [-0.15, -0.1) is 11.8 Å². The van der Waals surface area contributed by atoms with Crippen LogP contribution in [0.2, 0.25) is 0 Å². The fourth-order valence-electron chi connectivity index (χ4n) is 1.84. The Morgan fingerprint density at radius 1 is 1.18 bits per heavy atom. The summed E-state index contributed by atoms with van der Waals surface area (Å²) in [7, 11) is 0. The molecule has 0 radical (unpaired) electrons. The second-order valence-corrected chi connectivity index (χ2v) is 5.93. The number of hydrogen-bond acceptors (Lipinski definition) is 2. The van der Waals surface area contributed by atoms with Crippen molar-refractivity contribution < 1.29 is 0 Å². The van der Waals surface area contributed by atoms with Gasteiger partial charge in [0.1, 0.15) is 0 Å². The van der Waals surface area contributed by atoms with Crippen molar-refractivity contribution in [2.45, 2.75) is 44.6 Å². The van der Waals surface area contributed by atoms with Crippen molar-refractivity contribution in [3.8, 4) is 0 Å². The lowest BCUT2D eigenvalue weighted by Crippen LogP contribution is -2.29. The van der Waals surface area contributed by atoms with E-state index in [1.165, 1.54) is 17.7 Å². The third-order valence-corrected chi connectivity index (χ3v) is 4.07. The van der Waals surface area contributed by atoms with Gasteiger partial charge in [0.2, 0.25) is 0 Å². The molecule has 1 N–H and O–H groups in total. The zero-order chi connectivity index (χ0) is 12.5. The van der Waals surface area contributed by atoms with Gasteiger partial charge in [-0.05, 0) is 31.4 Å². The molecule has 0 bridgehead atoms. The van der Waals surface area contributed by atoms with Gasteiger partial charge in [0, 0.05) is 23.2 Å². The van der Waals surface area contributed by atoms with Gasteiger partial charge in [0.15, 0.2) is 0 Å². The monoisotopic (exact) mass is 251 g/mol. The molecule has 0 saturated heterocycles. The van der Waals surface area contributed by atoms with E-state index < -0.39 is 0 Å². The fraction of sp³-hybridized carbons (Fsp3) is 0.600. The molecule has 2 unspecified atom stereocenters. The van der Waals surface area contributed by atoms with E-state index >= 15 is 0 Å². The maximum absolute atomic E-state index is 3.60. The molecule has 1 aromatic rings. The highest BCUT2D eigenvalue weighted by Gasteiger charge is 2.05. The smallest absolute Gasteiger partial charge is 0.0106 e. The zero-order valence-electron chi connectivity index (χ0n) is 11.3. The minimum Gasteiger partial charge on any atom is -0.313 e. The van der Waals surface area contributed by atoms with Gasteiger partial charge in [-0.25, -0.2) is 0 Å². The van der Waals surface area contributed by atoms with Crippen LogP contribution >= 0.6 is 11.8 Å². The van der Waals surface area contributed by atoms with Crippen LogP contribution in [0.25, 0.3) is 0 Å². The lowest BCUT2D eigenvalue weighted by Gasteiger charge is -2.17. The molecule has 0 fully saturated rings. The molecule has 2 heteroatoms. The van der Waals surface area contributed by atoms with Crippen LogP contribution in [-0.2, 0) is 0 Å². The average Bonchev–Trinajstić information content (AvgIpc) is 2.36. The fourth-order valence-corrected chi connectivity index (χ4v) is 2.65. The van der Waals surface area contributed by atoms with Gasteiger partial charge in [0.05, 0.1) is 0 Å². The summed E-state index contributed by atoms with van der Waals surface area (Å²) in [5, 5.41) is 3.60. The molecule has 0 amide bonds. The van der Waals surface area contributed by atoms with E-state index in [4.69, 9.17) is 0 Å². The molecular weight excluding hydrogens is 226 g/mol. The highest BCUT2D eigenvalue weighted by Crippen LogP contribution is 2.16. The Morgan fingerprint density at radius 3 is 2.53 bits per heavy atom. The molecule has 0 aliphatic rings. The minimum absolute atomic E-state index is 0.640. The van der Waals surface area contributed by atoms with Crippen LogP contribution in [0.4, 0.5) is 0 Å². The van der Waals surface area contributed by atoms with E-state index in [-0.39, 0.29) is 0 Å². The van der Waals surface area contributed by atoms with Crippen molar-refractivity contribution in [2.24, 2.45) is 5.92 Å². The predicted molar refractivity (Wildman–Crippen MR) is 78.7 cm³/mol. The van der Waals surface area contributed by atoms with Crippen LogP contribution in [-0.4, -0.2) is 18.3 Å². The molecule has 2 atom stereocenters. The molecular formula is C15H25NS. The SMILES string of the molecule is CCC(C)CC(C)NCCSc1ccccc1. The third-order valence-electron chi connectivity index (χ3n) is 3.06. The summed E-state index contributed by atoms with van der Waals surface area (Å²) in [6, 6.07) is 11.3. The molecule has 0 aliphatic heterocycles. The van der Waals surface area contributed by atoms with Gasteiger partial charge in [-0.3, -0.25) is 0 Å². The molecule has 0 saturated carbocycles. The van der Waals surface area contributed by atoms with E-state index in [2.05, 4.69) is 56.4 Å². The first-order chi connectivity index (χ1) is 8.22. The van der Waals surface area contributed by atoms with Gasteiger partial charge in [0.25, 0.3) is 0 Å². The summed E-state index contributed by atoms with van der Waals surface area (Å²) in [5.41, 5.74) is 0. The van der Waals surface area contributed by atoms with Gasteiger partial charge < -0.3 is 5.32 Å². The summed E-state index contributed by atoms with van der Waals surface area (Å²) >= 11 is 1.92. The Labute approximate surface area is 110 Å². The number of rotatable bonds is 8. The maximum Gasteiger partial charge on any atom is 0.0106 e. The topological polar surface area (TPSA) is 12.0 Å². The van der Waals surface area contributed by atoms with Crippen molar-refractivity contribution >= 4 is 11.8 Å². The quantitative estimate of drug-likeness (QED) is 0.549. The summed E-state index contributed by atoms with van der Waals surface area (Å²) in [6.45, 7) is 7.98. The Hall–Kier alpha value is -0.470. The standard InChI is InChI=1S/C15H25NS/c1-4-13(2)12-14(3)16-10-11-17-15-8-6-5-7-9-15/h5-9,13-14,16H,4,10-12H2,1-3H3. The van der Waals surface area contributed by atoms with E-state index in [0.717, 1.165) is 18.2 Å². The Kier molecular flexibility index (Phi) is 7.38. The summed E-state index contributed by atoms with van der Waals surface area (Å²) in [6.07, 6.45) is 2.57. The summed E-state index contributed by atoms with van der Waals surface area (Å²) in [4.78, 5) is 1.36. The van der Waals surface area contributed by atoms with Crippen LogP contribution in [0.1, 0.15) is 33.6 Å². The first kappa shape index (κ1) is 14.6. The Bertz CT molecular complexity index is 286. The van der Waals surface area contributed by atoms with Crippen LogP contribution < -0.4 is 5.32 Å². The van der Waals surface area contributed by atoms with Crippen molar-refractivity contribution in [1.29, 1.82) is 0 Å². The predicted octanol–water partition coefficient (Wildman–Crippen LogP) is 4.19. The molecule has 0 aromatic heterocycles. The molecule has 0 spiro atoms. The van der Waals surface area contributed by atoms with Crippen LogP contribution in [0.15, 0.2) is 35.2 Å². The van der Waals surface area contributed by atoms with Crippen LogP contribution in [0.3, 0.4) is 0 Å². The number of benzene rings is 1. The first-order valence-electron chi connectivity index (χ1n) is 6.63. The summed E-state index contributed by atoms with van der Waals surface area (Å²) in [5.74, 6) is 1.98. The highest BCUT2D eigenvalue weighted by atomic mass is 32.2. The molecule has 0 aliphatic carbocycles. The number of hydrogen-bond donors (Lipinski definition) is 1. The molecule has 0 heterocycles. The summed E-state index contributed by atoms with van der Waals surface area (Å²) < 4.78 is 0. The molecule has 96 valence electrons. The van der Waals surface area contributed by atoms with Crippen molar-refractivity contribution in [3.63, 3.8) is 0 Å². The van der Waals surface area contributed by atoms with Crippen LogP contribution in [0, 0.1) is 5.92 Å². The molecule has 17 heavy (non-hydrogen) atoms. The van der Waals surface area contributed by atoms with E-state index in [1.54, 1.807) is 0 Å². The Morgan fingerprint density at radius 2 is 1.88 bits per heavy atom. The van der Waals surface area contributed by atoms with E-state index in [9.17, 15) is 0 Å². The molecule has 1 nitrogen and oxygen atoms in total. The van der Waals surface area contributed by atoms with E-state index in [0.29, 0.717) is 6.04 Å². The van der Waals surface area contributed by atoms with Gasteiger partial charge >= 0.3 is 0 Å². The zero-order valence-corrected chi connectivity index (χ0v) is 12.1. The Balaban J connectivity index is 2.08. The second-order valence-electron chi connectivity index (χ2n) is 4.77. The van der Waals surface area contributed by atoms with Crippen molar-refractivity contribution in [2.75, 3.05) is 12.3 Å². The lowest BCUT2D eigenvalue weighted by atomic mass is 10.0. The largest absolute Gasteiger partial charge is 0.313 e. The maximum atomic E-state index is 3.60. The van der Waals surface area contributed by atoms with Gasteiger partial charge in [-0.2, -0.15) is 0 Å². The van der Waals surface area contributed by atoms with Gasteiger partial charge in [-0.1, -0.05) is 38.5 Å². The number of thioether (sulfide) groups is 1.